The summed E-state index contributed by atoms with van der Waals surface area (Å²) >= 11 is 0. The number of rotatable bonds is 6. The Morgan fingerprint density at radius 2 is 1.85 bits per heavy atom. The van der Waals surface area contributed by atoms with Crippen molar-refractivity contribution in [2.24, 2.45) is 5.41 Å². The summed E-state index contributed by atoms with van der Waals surface area (Å²) in [5.41, 5.74) is -1.35. The first-order valence-corrected chi connectivity index (χ1v) is 9.11. The van der Waals surface area contributed by atoms with Crippen LogP contribution in [0.5, 0.6) is 5.88 Å². The molecule has 1 saturated heterocycles. The standard InChI is InChI=1S/C18H25F3N2O4/c19-18(20,21)12-1-2-16(22-9-12)27-11-17(7-14(24)15(25)8-17)10-23-13-3-5-26-6-4-13/h1-2,9,13-15,23-25H,3-8,10-11H2/t14-,15+,17?. The number of halogens is 3. The summed E-state index contributed by atoms with van der Waals surface area (Å²) in [6.07, 6.45) is -2.90. The fraction of sp³-hybridized carbons (Fsp3) is 0.722. The van der Waals surface area contributed by atoms with Crippen LogP contribution in [0.1, 0.15) is 31.2 Å². The van der Waals surface area contributed by atoms with E-state index in [2.05, 4.69) is 10.3 Å². The van der Waals surface area contributed by atoms with Crippen LogP contribution in [0.2, 0.25) is 0 Å². The number of aliphatic hydroxyl groups is 2. The maximum Gasteiger partial charge on any atom is 0.417 e. The van der Waals surface area contributed by atoms with Crippen molar-refractivity contribution >= 4 is 0 Å². The second-order valence-electron chi connectivity index (χ2n) is 7.48. The molecule has 0 amide bonds. The second-order valence-corrected chi connectivity index (χ2v) is 7.48. The molecule has 0 bridgehead atoms. The lowest BCUT2D eigenvalue weighted by Gasteiger charge is -2.32. The van der Waals surface area contributed by atoms with Gasteiger partial charge in [-0.25, -0.2) is 4.98 Å². The first kappa shape index (κ1) is 20.3. The summed E-state index contributed by atoms with van der Waals surface area (Å²) in [5.74, 6) is 0.0873. The summed E-state index contributed by atoms with van der Waals surface area (Å²) in [7, 11) is 0. The molecule has 1 aliphatic heterocycles. The molecule has 27 heavy (non-hydrogen) atoms. The molecule has 2 heterocycles. The Morgan fingerprint density at radius 3 is 2.41 bits per heavy atom. The van der Waals surface area contributed by atoms with Crippen molar-refractivity contribution in [2.75, 3.05) is 26.4 Å². The third-order valence-electron chi connectivity index (χ3n) is 5.31. The lowest BCUT2D eigenvalue weighted by atomic mass is 9.86. The zero-order chi connectivity index (χ0) is 19.5. The summed E-state index contributed by atoms with van der Waals surface area (Å²) in [6, 6.07) is 2.41. The van der Waals surface area contributed by atoms with Crippen LogP contribution in [0.25, 0.3) is 0 Å². The monoisotopic (exact) mass is 390 g/mol. The lowest BCUT2D eigenvalue weighted by Crippen LogP contribution is -2.44. The number of ether oxygens (including phenoxy) is 2. The van der Waals surface area contributed by atoms with Crippen molar-refractivity contribution in [3.8, 4) is 5.88 Å². The average Bonchev–Trinajstić information content (AvgIpc) is 2.93. The molecule has 0 radical (unpaired) electrons. The van der Waals surface area contributed by atoms with Crippen LogP contribution in [0.3, 0.4) is 0 Å². The number of hydrogen-bond donors (Lipinski definition) is 3. The van der Waals surface area contributed by atoms with Crippen LogP contribution in [-0.4, -0.2) is 59.8 Å². The molecule has 2 aliphatic rings. The van der Waals surface area contributed by atoms with Crippen molar-refractivity contribution < 1.29 is 32.9 Å². The van der Waals surface area contributed by atoms with Gasteiger partial charge in [-0.1, -0.05) is 0 Å². The van der Waals surface area contributed by atoms with Gasteiger partial charge in [-0.15, -0.1) is 0 Å². The maximum atomic E-state index is 12.6. The fourth-order valence-corrected chi connectivity index (χ4v) is 3.68. The zero-order valence-corrected chi connectivity index (χ0v) is 14.9. The highest BCUT2D eigenvalue weighted by atomic mass is 19.4. The third-order valence-corrected chi connectivity index (χ3v) is 5.31. The predicted molar refractivity (Wildman–Crippen MR) is 90.3 cm³/mol. The number of nitrogens with zero attached hydrogens (tertiary/aromatic N) is 1. The van der Waals surface area contributed by atoms with E-state index in [0.29, 0.717) is 38.6 Å². The van der Waals surface area contributed by atoms with Gasteiger partial charge in [-0.2, -0.15) is 13.2 Å². The Morgan fingerprint density at radius 1 is 1.19 bits per heavy atom. The van der Waals surface area contributed by atoms with E-state index in [4.69, 9.17) is 9.47 Å². The molecular formula is C18H25F3N2O4. The smallest absolute Gasteiger partial charge is 0.417 e. The number of aromatic nitrogens is 1. The van der Waals surface area contributed by atoms with Gasteiger partial charge in [-0.3, -0.25) is 0 Å². The molecule has 0 spiro atoms. The molecule has 3 atom stereocenters. The molecule has 9 heteroatoms. The molecule has 1 aromatic rings. The number of nitrogens with one attached hydrogen (secondary N) is 1. The van der Waals surface area contributed by atoms with Gasteiger partial charge in [0.25, 0.3) is 0 Å². The Kier molecular flexibility index (Phi) is 6.25. The van der Waals surface area contributed by atoms with Crippen LogP contribution in [-0.2, 0) is 10.9 Å². The van der Waals surface area contributed by atoms with Gasteiger partial charge in [0.15, 0.2) is 0 Å². The second kappa shape index (κ2) is 8.30. The fourth-order valence-electron chi connectivity index (χ4n) is 3.68. The highest BCUT2D eigenvalue weighted by Crippen LogP contribution is 2.39. The van der Waals surface area contributed by atoms with Gasteiger partial charge in [0.2, 0.25) is 5.88 Å². The summed E-state index contributed by atoms with van der Waals surface area (Å²) in [4.78, 5) is 3.72. The minimum atomic E-state index is -4.44. The van der Waals surface area contributed by atoms with E-state index in [1.165, 1.54) is 6.07 Å². The SMILES string of the molecule is O[C@@H]1CC(CNC2CCOCC2)(COc2ccc(C(F)(F)F)cn2)C[C@@H]1O. The summed E-state index contributed by atoms with van der Waals surface area (Å²) in [6.45, 7) is 2.08. The minimum absolute atomic E-state index is 0.0873. The van der Waals surface area contributed by atoms with E-state index in [-0.39, 0.29) is 12.5 Å². The third kappa shape index (κ3) is 5.31. The number of hydrogen-bond acceptors (Lipinski definition) is 6. The van der Waals surface area contributed by atoms with E-state index in [9.17, 15) is 23.4 Å². The largest absolute Gasteiger partial charge is 0.477 e. The molecule has 152 valence electrons. The molecule has 6 nitrogen and oxygen atoms in total. The molecule has 1 unspecified atom stereocenters. The van der Waals surface area contributed by atoms with Crippen molar-refractivity contribution in [1.82, 2.24) is 10.3 Å². The van der Waals surface area contributed by atoms with E-state index < -0.39 is 29.4 Å². The molecule has 1 aromatic heterocycles. The molecule has 0 aromatic carbocycles. The molecule has 1 saturated carbocycles. The zero-order valence-electron chi connectivity index (χ0n) is 14.9. The molecule has 3 N–H and O–H groups in total. The van der Waals surface area contributed by atoms with Crippen LogP contribution in [0.15, 0.2) is 18.3 Å². The van der Waals surface area contributed by atoms with E-state index in [1.54, 1.807) is 0 Å². The van der Waals surface area contributed by atoms with Crippen LogP contribution in [0.4, 0.5) is 13.2 Å². The normalized spacial score (nSPS) is 29.8. The highest BCUT2D eigenvalue weighted by molar-refractivity contribution is 5.20. The number of alkyl halides is 3. The molecular weight excluding hydrogens is 365 g/mol. The molecule has 2 fully saturated rings. The summed E-state index contributed by atoms with van der Waals surface area (Å²) < 4.78 is 48.8. The van der Waals surface area contributed by atoms with Gasteiger partial charge in [-0.05, 0) is 31.7 Å². The van der Waals surface area contributed by atoms with E-state index in [1.807, 2.05) is 0 Å². The minimum Gasteiger partial charge on any atom is -0.477 e. The molecule has 1 aliphatic carbocycles. The van der Waals surface area contributed by atoms with Gasteiger partial charge in [0, 0.05) is 43.5 Å². The number of pyridine rings is 1. The Bertz CT molecular complexity index is 596. The van der Waals surface area contributed by atoms with Gasteiger partial charge in [0.05, 0.1) is 24.4 Å². The van der Waals surface area contributed by atoms with E-state index in [0.717, 1.165) is 25.1 Å². The average molecular weight is 390 g/mol. The van der Waals surface area contributed by atoms with Crippen molar-refractivity contribution in [3.63, 3.8) is 0 Å². The Hall–Kier alpha value is -1.42. The predicted octanol–water partition coefficient (Wildman–Crippen LogP) is 1.75. The first-order chi connectivity index (χ1) is 12.8. The quantitative estimate of drug-likeness (QED) is 0.687. The Balaban J connectivity index is 1.61. The highest BCUT2D eigenvalue weighted by Gasteiger charge is 2.45. The Labute approximate surface area is 155 Å². The maximum absolute atomic E-state index is 12.6. The lowest BCUT2D eigenvalue weighted by molar-refractivity contribution is -0.137. The van der Waals surface area contributed by atoms with Crippen LogP contribution in [0, 0.1) is 5.41 Å². The number of aliphatic hydroxyl groups excluding tert-OH is 2. The van der Waals surface area contributed by atoms with Gasteiger partial charge < -0.3 is 25.0 Å². The summed E-state index contributed by atoms with van der Waals surface area (Å²) in [5, 5.41) is 23.5. The van der Waals surface area contributed by atoms with Gasteiger partial charge >= 0.3 is 6.18 Å². The first-order valence-electron chi connectivity index (χ1n) is 9.11. The van der Waals surface area contributed by atoms with Gasteiger partial charge in [0.1, 0.15) is 0 Å². The van der Waals surface area contributed by atoms with Crippen molar-refractivity contribution in [1.29, 1.82) is 0 Å². The van der Waals surface area contributed by atoms with Crippen molar-refractivity contribution in [3.05, 3.63) is 23.9 Å². The van der Waals surface area contributed by atoms with Crippen LogP contribution >= 0.6 is 0 Å². The van der Waals surface area contributed by atoms with E-state index >= 15 is 0 Å². The van der Waals surface area contributed by atoms with Crippen LogP contribution < -0.4 is 10.1 Å². The topological polar surface area (TPSA) is 83.8 Å². The van der Waals surface area contributed by atoms with Crippen molar-refractivity contribution in [2.45, 2.75) is 50.1 Å². The molecule has 3 rings (SSSR count).